The lowest BCUT2D eigenvalue weighted by molar-refractivity contribution is -0.113. The second-order valence-corrected chi connectivity index (χ2v) is 10.7. The summed E-state index contributed by atoms with van der Waals surface area (Å²) in [6.45, 7) is 2.99. The summed E-state index contributed by atoms with van der Waals surface area (Å²) in [5.41, 5.74) is 1.19. The Morgan fingerprint density at radius 2 is 1.90 bits per heavy atom. The molecule has 4 fully saturated rings. The highest BCUT2D eigenvalue weighted by atomic mass is 32.2. The van der Waals surface area contributed by atoms with E-state index in [4.69, 9.17) is 4.74 Å². The Morgan fingerprint density at radius 1 is 1.19 bits per heavy atom. The maximum Gasteiger partial charge on any atom is 0.234 e. The van der Waals surface area contributed by atoms with E-state index in [0.717, 1.165) is 53.1 Å². The van der Waals surface area contributed by atoms with E-state index < -0.39 is 0 Å². The Labute approximate surface area is 188 Å². The monoisotopic (exact) mass is 440 g/mol. The molecule has 31 heavy (non-hydrogen) atoms. The van der Waals surface area contributed by atoms with Gasteiger partial charge in [0.05, 0.1) is 12.9 Å². The number of aromatic nitrogens is 3. The van der Waals surface area contributed by atoms with Gasteiger partial charge in [0, 0.05) is 24.7 Å². The summed E-state index contributed by atoms with van der Waals surface area (Å²) >= 11 is 1.47. The van der Waals surface area contributed by atoms with Crippen molar-refractivity contribution >= 4 is 23.4 Å². The molecule has 0 saturated heterocycles. The van der Waals surface area contributed by atoms with Gasteiger partial charge in [0.1, 0.15) is 11.6 Å². The fourth-order valence-corrected chi connectivity index (χ4v) is 7.57. The highest BCUT2D eigenvalue weighted by molar-refractivity contribution is 7.99. The van der Waals surface area contributed by atoms with Crippen molar-refractivity contribution in [2.75, 3.05) is 18.2 Å². The van der Waals surface area contributed by atoms with Gasteiger partial charge in [0.15, 0.2) is 5.16 Å². The molecule has 1 amide bonds. The molecule has 4 aliphatic rings. The zero-order valence-electron chi connectivity index (χ0n) is 18.5. The molecule has 7 heteroatoms. The summed E-state index contributed by atoms with van der Waals surface area (Å²) in [6.07, 6.45) is 9.56. The highest BCUT2D eigenvalue weighted by Gasteiger charge is 2.51. The molecule has 1 aromatic heterocycles. The maximum absolute atomic E-state index is 12.5. The zero-order valence-corrected chi connectivity index (χ0v) is 19.3. The molecule has 4 bridgehead atoms. The molecule has 6 rings (SSSR count). The molecule has 0 aliphatic heterocycles. The summed E-state index contributed by atoms with van der Waals surface area (Å²) in [4.78, 5) is 12.5. The Bertz CT molecular complexity index is 922. The van der Waals surface area contributed by atoms with Crippen LogP contribution in [0.3, 0.4) is 0 Å². The Hall–Kier alpha value is -2.02. The Kier molecular flexibility index (Phi) is 5.71. The van der Waals surface area contributed by atoms with E-state index in [2.05, 4.69) is 27.0 Å². The number of anilines is 1. The second-order valence-electron chi connectivity index (χ2n) is 9.81. The third-order valence-electron chi connectivity index (χ3n) is 7.49. The van der Waals surface area contributed by atoms with Crippen LogP contribution in [-0.4, -0.2) is 33.5 Å². The molecule has 1 heterocycles. The summed E-state index contributed by atoms with van der Waals surface area (Å²) < 4.78 is 7.44. The molecule has 166 valence electrons. The first-order chi connectivity index (χ1) is 15.1. The highest BCUT2D eigenvalue weighted by Crippen LogP contribution is 2.61. The number of carbonyl (C=O) groups excluding carboxylic acids is 1. The fourth-order valence-electron chi connectivity index (χ4n) is 6.74. The normalized spacial score (nSPS) is 28.6. The van der Waals surface area contributed by atoms with Crippen LogP contribution < -0.4 is 10.1 Å². The average Bonchev–Trinajstić information content (AvgIpc) is 3.12. The van der Waals surface area contributed by atoms with E-state index in [1.54, 1.807) is 7.11 Å². The average molecular weight is 441 g/mol. The lowest BCUT2D eigenvalue weighted by atomic mass is 9.49. The summed E-state index contributed by atoms with van der Waals surface area (Å²) in [5, 5.41) is 12.8. The SMILES string of the molecule is CCn1c(CC23CC4CC(CC(C4)C2)C3)nnc1SCC(=O)Nc1cccc(OC)c1. The summed E-state index contributed by atoms with van der Waals surface area (Å²) in [6, 6.07) is 7.41. The van der Waals surface area contributed by atoms with Gasteiger partial charge in [0.25, 0.3) is 0 Å². The number of hydrogen-bond acceptors (Lipinski definition) is 5. The van der Waals surface area contributed by atoms with Crippen LogP contribution in [0.2, 0.25) is 0 Å². The number of ether oxygens (including phenoxy) is 1. The van der Waals surface area contributed by atoms with E-state index in [-0.39, 0.29) is 5.91 Å². The Morgan fingerprint density at radius 3 is 2.55 bits per heavy atom. The van der Waals surface area contributed by atoms with Gasteiger partial charge in [-0.1, -0.05) is 17.8 Å². The summed E-state index contributed by atoms with van der Waals surface area (Å²) in [5.74, 6) is 4.93. The molecule has 0 unspecified atom stereocenters. The number of nitrogens with zero attached hydrogens (tertiary/aromatic N) is 3. The predicted molar refractivity (Wildman–Crippen MR) is 122 cm³/mol. The smallest absolute Gasteiger partial charge is 0.234 e. The first-order valence-corrected chi connectivity index (χ1v) is 12.5. The van der Waals surface area contributed by atoms with Crippen LogP contribution in [0.4, 0.5) is 5.69 Å². The Balaban J connectivity index is 1.23. The predicted octanol–water partition coefficient (Wildman–Crippen LogP) is 4.80. The van der Waals surface area contributed by atoms with Gasteiger partial charge < -0.3 is 14.6 Å². The standard InChI is InChI=1S/C24H32N4O2S/c1-3-28-21(14-24-11-16-7-17(12-24)9-18(8-16)13-24)26-27-23(28)31-15-22(29)25-19-5-4-6-20(10-19)30-2/h4-6,10,16-18H,3,7-9,11-15H2,1-2H3,(H,25,29). The molecular formula is C24H32N4O2S. The van der Waals surface area contributed by atoms with Crippen molar-refractivity contribution in [3.8, 4) is 5.75 Å². The van der Waals surface area contributed by atoms with E-state index in [1.807, 2.05) is 24.3 Å². The number of methoxy groups -OCH3 is 1. The fraction of sp³-hybridized carbons (Fsp3) is 0.625. The first kappa shape index (κ1) is 20.9. The number of benzene rings is 1. The van der Waals surface area contributed by atoms with E-state index in [9.17, 15) is 4.79 Å². The quantitative estimate of drug-likeness (QED) is 0.598. The number of nitrogens with one attached hydrogen (secondary N) is 1. The zero-order chi connectivity index (χ0) is 21.4. The van der Waals surface area contributed by atoms with Crippen LogP contribution in [-0.2, 0) is 17.8 Å². The van der Waals surface area contributed by atoms with Gasteiger partial charge in [-0.15, -0.1) is 10.2 Å². The van der Waals surface area contributed by atoms with Crippen LogP contribution >= 0.6 is 11.8 Å². The summed E-state index contributed by atoms with van der Waals surface area (Å²) in [7, 11) is 1.62. The van der Waals surface area contributed by atoms with Crippen molar-refractivity contribution in [1.29, 1.82) is 0 Å². The third-order valence-corrected chi connectivity index (χ3v) is 8.46. The molecule has 1 N–H and O–H groups in total. The molecule has 4 saturated carbocycles. The molecule has 0 radical (unpaired) electrons. The molecule has 6 nitrogen and oxygen atoms in total. The van der Waals surface area contributed by atoms with Gasteiger partial charge in [-0.05, 0) is 80.8 Å². The van der Waals surface area contributed by atoms with Crippen LogP contribution in [0.15, 0.2) is 29.4 Å². The lowest BCUT2D eigenvalue weighted by Crippen LogP contribution is -2.47. The maximum atomic E-state index is 12.5. The van der Waals surface area contributed by atoms with E-state index in [1.165, 1.54) is 50.3 Å². The second kappa shape index (κ2) is 8.49. The molecule has 0 spiro atoms. The minimum Gasteiger partial charge on any atom is -0.497 e. The third kappa shape index (κ3) is 4.34. The van der Waals surface area contributed by atoms with Crippen LogP contribution in [0.1, 0.15) is 51.3 Å². The van der Waals surface area contributed by atoms with Gasteiger partial charge in [0.2, 0.25) is 5.91 Å². The van der Waals surface area contributed by atoms with Gasteiger partial charge in [-0.2, -0.15) is 0 Å². The van der Waals surface area contributed by atoms with Crippen molar-refractivity contribution < 1.29 is 9.53 Å². The molecule has 1 aromatic carbocycles. The van der Waals surface area contributed by atoms with Crippen molar-refractivity contribution in [3.63, 3.8) is 0 Å². The molecule has 0 atom stereocenters. The number of amides is 1. The minimum atomic E-state index is -0.0495. The number of thioether (sulfide) groups is 1. The number of hydrogen-bond donors (Lipinski definition) is 1. The van der Waals surface area contributed by atoms with Crippen LogP contribution in [0.5, 0.6) is 5.75 Å². The van der Waals surface area contributed by atoms with E-state index in [0.29, 0.717) is 11.2 Å². The van der Waals surface area contributed by atoms with Crippen LogP contribution in [0, 0.1) is 23.2 Å². The van der Waals surface area contributed by atoms with E-state index >= 15 is 0 Å². The van der Waals surface area contributed by atoms with Crippen molar-refractivity contribution in [3.05, 3.63) is 30.1 Å². The van der Waals surface area contributed by atoms with Gasteiger partial charge in [-0.25, -0.2) is 0 Å². The van der Waals surface area contributed by atoms with Crippen LogP contribution in [0.25, 0.3) is 0 Å². The molecular weight excluding hydrogens is 408 g/mol. The van der Waals surface area contributed by atoms with Crippen molar-refractivity contribution in [2.45, 2.75) is 63.6 Å². The van der Waals surface area contributed by atoms with Gasteiger partial charge in [-0.3, -0.25) is 4.79 Å². The van der Waals surface area contributed by atoms with Crippen molar-refractivity contribution in [1.82, 2.24) is 14.8 Å². The topological polar surface area (TPSA) is 69.0 Å². The molecule has 2 aromatic rings. The molecule has 4 aliphatic carbocycles. The number of rotatable bonds is 8. The lowest BCUT2D eigenvalue weighted by Gasteiger charge is -2.56. The minimum absolute atomic E-state index is 0.0495. The van der Waals surface area contributed by atoms with Crippen molar-refractivity contribution in [2.24, 2.45) is 23.2 Å². The number of carbonyl (C=O) groups is 1. The largest absolute Gasteiger partial charge is 0.497 e. The first-order valence-electron chi connectivity index (χ1n) is 11.5. The van der Waals surface area contributed by atoms with Gasteiger partial charge >= 0.3 is 0 Å².